The third-order valence-electron chi connectivity index (χ3n) is 4.63. The number of nitrogens with zero attached hydrogens (tertiary/aromatic N) is 3. The lowest BCUT2D eigenvalue weighted by Gasteiger charge is -2.14. The van der Waals surface area contributed by atoms with E-state index in [0.29, 0.717) is 6.54 Å². The van der Waals surface area contributed by atoms with Gasteiger partial charge in [0.05, 0.1) is 6.54 Å². The van der Waals surface area contributed by atoms with Crippen LogP contribution in [0, 0.1) is 11.8 Å². The fourth-order valence-corrected chi connectivity index (χ4v) is 3.58. The van der Waals surface area contributed by atoms with Crippen LogP contribution >= 0.6 is 15.9 Å². The lowest BCUT2D eigenvalue weighted by Crippen LogP contribution is -2.18. The van der Waals surface area contributed by atoms with Gasteiger partial charge in [0.15, 0.2) is 0 Å². The Labute approximate surface area is 156 Å². The van der Waals surface area contributed by atoms with Crippen LogP contribution < -0.4 is 0 Å². The Morgan fingerprint density at radius 2 is 1.96 bits per heavy atom. The predicted molar refractivity (Wildman–Crippen MR) is 105 cm³/mol. The van der Waals surface area contributed by atoms with E-state index in [4.69, 9.17) is 0 Å². The van der Waals surface area contributed by atoms with E-state index in [1.165, 1.54) is 42.4 Å². The summed E-state index contributed by atoms with van der Waals surface area (Å²) in [5, 5.41) is 1.29. The zero-order chi connectivity index (χ0) is 17.1. The quantitative estimate of drug-likeness (QED) is 0.613. The smallest absolute Gasteiger partial charge is 0.113 e. The van der Waals surface area contributed by atoms with Crippen molar-refractivity contribution in [2.75, 3.05) is 13.1 Å². The van der Waals surface area contributed by atoms with Crippen molar-refractivity contribution in [3.05, 3.63) is 64.5 Å². The van der Waals surface area contributed by atoms with Gasteiger partial charge in [-0.05, 0) is 89.1 Å². The second kappa shape index (κ2) is 7.43. The highest BCUT2D eigenvalue weighted by molar-refractivity contribution is 9.10. The lowest BCUT2D eigenvalue weighted by atomic mass is 10.1. The molecule has 1 fully saturated rings. The maximum Gasteiger partial charge on any atom is 0.113 e. The van der Waals surface area contributed by atoms with Gasteiger partial charge in [0.2, 0.25) is 0 Å². The van der Waals surface area contributed by atoms with Crippen molar-refractivity contribution in [1.82, 2.24) is 14.5 Å². The minimum absolute atomic E-state index is 0.673. The highest BCUT2D eigenvalue weighted by atomic mass is 79.9. The topological polar surface area (TPSA) is 21.1 Å². The molecule has 0 aliphatic carbocycles. The Morgan fingerprint density at radius 3 is 2.76 bits per heavy atom. The van der Waals surface area contributed by atoms with Crippen LogP contribution in [-0.2, 0) is 13.1 Å². The number of pyridine rings is 1. The maximum atomic E-state index is 4.29. The minimum atomic E-state index is 0.673. The van der Waals surface area contributed by atoms with Crippen LogP contribution in [0.4, 0.5) is 0 Å². The Morgan fingerprint density at radius 1 is 1.08 bits per heavy atom. The van der Waals surface area contributed by atoms with Crippen molar-refractivity contribution in [2.24, 2.45) is 0 Å². The molecule has 3 nitrogen and oxygen atoms in total. The van der Waals surface area contributed by atoms with Gasteiger partial charge in [-0.1, -0.05) is 12.0 Å². The number of hydrogen-bond donors (Lipinski definition) is 0. The number of rotatable bonds is 3. The summed E-state index contributed by atoms with van der Waals surface area (Å²) in [6, 6.07) is 12.9. The van der Waals surface area contributed by atoms with Crippen LogP contribution in [-0.4, -0.2) is 27.5 Å². The zero-order valence-corrected chi connectivity index (χ0v) is 15.7. The first-order chi connectivity index (χ1) is 12.3. The molecule has 0 radical (unpaired) electrons. The van der Waals surface area contributed by atoms with Gasteiger partial charge in [0, 0.05) is 28.9 Å². The molecule has 1 aliphatic rings. The van der Waals surface area contributed by atoms with E-state index in [-0.39, 0.29) is 0 Å². The van der Waals surface area contributed by atoms with Gasteiger partial charge in [-0.2, -0.15) is 0 Å². The van der Waals surface area contributed by atoms with Crippen molar-refractivity contribution < 1.29 is 0 Å². The Bertz CT molecular complexity index is 925. The highest BCUT2D eigenvalue weighted by Crippen LogP contribution is 2.20. The molecule has 1 saturated heterocycles. The summed E-state index contributed by atoms with van der Waals surface area (Å²) < 4.78 is 3.17. The van der Waals surface area contributed by atoms with Gasteiger partial charge in [0.25, 0.3) is 0 Å². The van der Waals surface area contributed by atoms with Crippen LogP contribution in [0.1, 0.15) is 24.1 Å². The molecule has 0 amide bonds. The van der Waals surface area contributed by atoms with E-state index < -0.39 is 0 Å². The first kappa shape index (κ1) is 16.4. The van der Waals surface area contributed by atoms with Crippen molar-refractivity contribution >= 4 is 26.8 Å². The molecule has 0 atom stereocenters. The SMILES string of the molecule is Brc1ccc(C#CCn2ccc3cc(CN4CCCC4)ccc32)nc1. The molecule has 0 spiro atoms. The van der Waals surface area contributed by atoms with E-state index in [2.05, 4.69) is 72.7 Å². The van der Waals surface area contributed by atoms with Crippen LogP contribution in [0.15, 0.2) is 53.3 Å². The average Bonchev–Trinajstić information content (AvgIpc) is 3.27. The van der Waals surface area contributed by atoms with E-state index in [1.54, 1.807) is 6.20 Å². The third kappa shape index (κ3) is 3.95. The molecule has 25 heavy (non-hydrogen) atoms. The van der Waals surface area contributed by atoms with E-state index in [1.807, 2.05) is 12.1 Å². The summed E-state index contributed by atoms with van der Waals surface area (Å²) in [7, 11) is 0. The van der Waals surface area contributed by atoms with Gasteiger partial charge in [-0.3, -0.25) is 4.90 Å². The van der Waals surface area contributed by atoms with Crippen LogP contribution in [0.5, 0.6) is 0 Å². The van der Waals surface area contributed by atoms with Crippen LogP contribution in [0.25, 0.3) is 10.9 Å². The molecule has 1 aromatic carbocycles. The molecular weight excluding hydrogens is 374 g/mol. The molecule has 0 N–H and O–H groups in total. The fraction of sp³-hybridized carbons (Fsp3) is 0.286. The maximum absolute atomic E-state index is 4.29. The summed E-state index contributed by atoms with van der Waals surface area (Å²) in [6.07, 6.45) is 6.57. The third-order valence-corrected chi connectivity index (χ3v) is 5.10. The van der Waals surface area contributed by atoms with Crippen LogP contribution in [0.2, 0.25) is 0 Å². The lowest BCUT2D eigenvalue weighted by molar-refractivity contribution is 0.331. The first-order valence-electron chi connectivity index (χ1n) is 8.68. The van der Waals surface area contributed by atoms with Gasteiger partial charge in [-0.15, -0.1) is 0 Å². The molecule has 4 rings (SSSR count). The van der Waals surface area contributed by atoms with Gasteiger partial charge in [0.1, 0.15) is 5.69 Å². The number of likely N-dealkylation sites (tertiary alicyclic amines) is 1. The van der Waals surface area contributed by atoms with Crippen LogP contribution in [0.3, 0.4) is 0 Å². The second-order valence-corrected chi connectivity index (χ2v) is 7.40. The molecule has 4 heteroatoms. The molecule has 0 bridgehead atoms. The number of hydrogen-bond acceptors (Lipinski definition) is 2. The average molecular weight is 394 g/mol. The summed E-state index contributed by atoms with van der Waals surface area (Å²) >= 11 is 3.39. The summed E-state index contributed by atoms with van der Waals surface area (Å²) in [5.74, 6) is 6.34. The van der Waals surface area contributed by atoms with E-state index in [0.717, 1.165) is 16.7 Å². The van der Waals surface area contributed by atoms with Crippen molar-refractivity contribution in [2.45, 2.75) is 25.9 Å². The Balaban J connectivity index is 1.48. The normalized spacial score (nSPS) is 14.6. The molecule has 3 aromatic rings. The number of halogens is 1. The fourth-order valence-electron chi connectivity index (χ4n) is 3.35. The second-order valence-electron chi connectivity index (χ2n) is 6.48. The largest absolute Gasteiger partial charge is 0.336 e. The molecule has 0 saturated carbocycles. The molecule has 1 aliphatic heterocycles. The number of fused-ring (bicyclic) bond motifs is 1. The van der Waals surface area contributed by atoms with Gasteiger partial charge in [-0.25, -0.2) is 4.98 Å². The standard InChI is InChI=1S/C21H20BrN3/c22-19-6-7-20(23-15-19)4-3-12-25-13-9-18-14-17(5-8-21(18)25)16-24-10-1-2-11-24/h5-9,13-15H,1-2,10-12,16H2. The molecule has 0 unspecified atom stereocenters. The monoisotopic (exact) mass is 393 g/mol. The van der Waals surface area contributed by atoms with Crippen molar-refractivity contribution in [1.29, 1.82) is 0 Å². The minimum Gasteiger partial charge on any atom is -0.336 e. The first-order valence-corrected chi connectivity index (χ1v) is 9.48. The Kier molecular flexibility index (Phi) is 4.87. The van der Waals surface area contributed by atoms with E-state index in [9.17, 15) is 0 Å². The summed E-state index contributed by atoms with van der Waals surface area (Å²) in [4.78, 5) is 6.82. The number of aromatic nitrogens is 2. The Hall–Kier alpha value is -2.09. The molecule has 3 heterocycles. The highest BCUT2D eigenvalue weighted by Gasteiger charge is 2.12. The van der Waals surface area contributed by atoms with E-state index >= 15 is 0 Å². The zero-order valence-electron chi connectivity index (χ0n) is 14.1. The summed E-state index contributed by atoms with van der Waals surface area (Å²) in [6.45, 7) is 4.21. The van der Waals surface area contributed by atoms with Crippen molar-refractivity contribution in [3.63, 3.8) is 0 Å². The van der Waals surface area contributed by atoms with Gasteiger partial charge < -0.3 is 4.57 Å². The van der Waals surface area contributed by atoms with Gasteiger partial charge >= 0.3 is 0 Å². The predicted octanol–water partition coefficient (Wildman–Crippen LogP) is 4.45. The number of benzene rings is 1. The molecule has 126 valence electrons. The van der Waals surface area contributed by atoms with Crippen molar-refractivity contribution in [3.8, 4) is 11.8 Å². The molecule has 2 aromatic heterocycles. The summed E-state index contributed by atoms with van der Waals surface area (Å²) in [5.41, 5.74) is 3.44. The molecular formula is C21H20BrN3.